The Morgan fingerprint density at radius 1 is 1.17 bits per heavy atom. The molecule has 0 amide bonds. The number of nitrogens with zero attached hydrogens (tertiary/aromatic N) is 6. The van der Waals surface area contributed by atoms with Gasteiger partial charge < -0.3 is 4.52 Å². The molecule has 1 aromatic carbocycles. The molecular weight excluding hydrogens is 420 g/mol. The lowest BCUT2D eigenvalue weighted by molar-refractivity contribution is 0.374. The molecule has 9 heteroatoms. The van der Waals surface area contributed by atoms with Crippen molar-refractivity contribution in [3.8, 4) is 17.1 Å². The van der Waals surface area contributed by atoms with Crippen molar-refractivity contribution in [1.82, 2.24) is 29.9 Å². The van der Waals surface area contributed by atoms with Gasteiger partial charge in [0.05, 0.1) is 10.9 Å². The van der Waals surface area contributed by atoms with E-state index in [1.165, 1.54) is 11.8 Å². The number of hydrogen-bond donors (Lipinski definition) is 0. The van der Waals surface area contributed by atoms with Gasteiger partial charge in [-0.25, -0.2) is 0 Å². The number of hydrogen-bond acceptors (Lipinski definition) is 7. The van der Waals surface area contributed by atoms with E-state index in [1.807, 2.05) is 48.7 Å². The number of aromatic nitrogens is 6. The Morgan fingerprint density at radius 3 is 2.73 bits per heavy atom. The van der Waals surface area contributed by atoms with E-state index in [1.54, 1.807) is 12.4 Å². The van der Waals surface area contributed by atoms with Gasteiger partial charge >= 0.3 is 0 Å². The quantitative estimate of drug-likeness (QED) is 0.352. The number of pyridine rings is 1. The summed E-state index contributed by atoms with van der Waals surface area (Å²) in [5.41, 5.74) is 2.79. The Labute approximate surface area is 183 Å². The van der Waals surface area contributed by atoms with E-state index in [-0.39, 0.29) is 5.25 Å². The van der Waals surface area contributed by atoms with Gasteiger partial charge in [0.1, 0.15) is 0 Å². The van der Waals surface area contributed by atoms with Crippen molar-refractivity contribution in [3.63, 3.8) is 0 Å². The van der Waals surface area contributed by atoms with Crippen LogP contribution >= 0.6 is 23.4 Å². The molecule has 4 rings (SSSR count). The molecule has 0 bridgehead atoms. The zero-order chi connectivity index (χ0) is 21.1. The normalized spacial score (nSPS) is 12.3. The predicted molar refractivity (Wildman–Crippen MR) is 117 cm³/mol. The first-order valence-corrected chi connectivity index (χ1v) is 10.9. The van der Waals surface area contributed by atoms with Crippen molar-refractivity contribution in [2.24, 2.45) is 0 Å². The van der Waals surface area contributed by atoms with Crippen molar-refractivity contribution < 1.29 is 4.52 Å². The standard InChI is InChI=1S/C21H21ClN6OS/c1-4-6-18-24-20(29-27-18)14(3)30-21-26-25-19(15-9-11-23-12-10-15)28(21)17-8-5-7-16(22)13(17)2/h5,7-12,14H,4,6H2,1-3H3/t14-/m1/s1. The minimum Gasteiger partial charge on any atom is -0.338 e. The molecule has 0 N–H and O–H groups in total. The summed E-state index contributed by atoms with van der Waals surface area (Å²) in [6.07, 6.45) is 5.24. The lowest BCUT2D eigenvalue weighted by Gasteiger charge is -2.14. The second-order valence-electron chi connectivity index (χ2n) is 6.82. The molecule has 154 valence electrons. The molecule has 0 fully saturated rings. The third-order valence-corrected chi connectivity index (χ3v) is 6.08. The molecular formula is C21H21ClN6OS. The highest BCUT2D eigenvalue weighted by molar-refractivity contribution is 7.99. The topological polar surface area (TPSA) is 82.5 Å². The van der Waals surface area contributed by atoms with Crippen LogP contribution in [0, 0.1) is 6.92 Å². The summed E-state index contributed by atoms with van der Waals surface area (Å²) in [4.78, 5) is 8.62. The highest BCUT2D eigenvalue weighted by atomic mass is 35.5. The van der Waals surface area contributed by atoms with E-state index in [0.29, 0.717) is 10.9 Å². The summed E-state index contributed by atoms with van der Waals surface area (Å²) in [6, 6.07) is 9.63. The van der Waals surface area contributed by atoms with Gasteiger partial charge in [-0.1, -0.05) is 41.5 Å². The maximum Gasteiger partial charge on any atom is 0.239 e. The molecule has 0 radical (unpaired) electrons. The Kier molecular flexibility index (Phi) is 6.15. The predicted octanol–water partition coefficient (Wildman–Crippen LogP) is 5.48. The molecule has 0 aliphatic heterocycles. The second-order valence-corrected chi connectivity index (χ2v) is 8.54. The molecule has 1 atom stereocenters. The highest BCUT2D eigenvalue weighted by Gasteiger charge is 2.23. The first kappa shape index (κ1) is 20.6. The molecule has 0 aliphatic carbocycles. The molecule has 4 aromatic rings. The molecule has 0 spiro atoms. The largest absolute Gasteiger partial charge is 0.338 e. The monoisotopic (exact) mass is 440 g/mol. The van der Waals surface area contributed by atoms with Gasteiger partial charge in [-0.05, 0) is 50.1 Å². The van der Waals surface area contributed by atoms with Crippen LogP contribution < -0.4 is 0 Å². The fraction of sp³-hybridized carbons (Fsp3) is 0.286. The minimum atomic E-state index is -0.0872. The molecule has 3 heterocycles. The molecule has 0 saturated carbocycles. The van der Waals surface area contributed by atoms with Crippen LogP contribution in [-0.2, 0) is 6.42 Å². The van der Waals surface area contributed by atoms with E-state index < -0.39 is 0 Å². The first-order chi connectivity index (χ1) is 14.6. The van der Waals surface area contributed by atoms with E-state index in [9.17, 15) is 0 Å². The van der Waals surface area contributed by atoms with Gasteiger partial charge in [-0.3, -0.25) is 9.55 Å². The highest BCUT2D eigenvalue weighted by Crippen LogP contribution is 2.37. The van der Waals surface area contributed by atoms with Gasteiger partial charge in [0.25, 0.3) is 0 Å². The smallest absolute Gasteiger partial charge is 0.239 e. The van der Waals surface area contributed by atoms with Crippen LogP contribution in [0.3, 0.4) is 0 Å². The molecule has 7 nitrogen and oxygen atoms in total. The Morgan fingerprint density at radius 2 is 1.97 bits per heavy atom. The van der Waals surface area contributed by atoms with Gasteiger partial charge in [0, 0.05) is 29.4 Å². The van der Waals surface area contributed by atoms with Crippen LogP contribution in [0.4, 0.5) is 0 Å². The van der Waals surface area contributed by atoms with Crippen molar-refractivity contribution in [1.29, 1.82) is 0 Å². The molecule has 3 aromatic heterocycles. The fourth-order valence-electron chi connectivity index (χ4n) is 3.06. The van der Waals surface area contributed by atoms with E-state index in [2.05, 4.69) is 32.2 Å². The maximum absolute atomic E-state index is 6.41. The number of aryl methyl sites for hydroxylation is 1. The van der Waals surface area contributed by atoms with Crippen LogP contribution in [0.5, 0.6) is 0 Å². The van der Waals surface area contributed by atoms with E-state index in [4.69, 9.17) is 16.1 Å². The third kappa shape index (κ3) is 4.11. The third-order valence-electron chi connectivity index (χ3n) is 4.64. The average Bonchev–Trinajstić information content (AvgIpc) is 3.38. The van der Waals surface area contributed by atoms with Crippen LogP contribution in [-0.4, -0.2) is 29.9 Å². The molecule has 30 heavy (non-hydrogen) atoms. The summed E-state index contributed by atoms with van der Waals surface area (Å²) in [5.74, 6) is 2.02. The second kappa shape index (κ2) is 8.97. The SMILES string of the molecule is CCCc1noc([C@@H](C)Sc2nnc(-c3ccncc3)n2-c2cccc(Cl)c2C)n1. The average molecular weight is 441 g/mol. The summed E-state index contributed by atoms with van der Waals surface area (Å²) in [7, 11) is 0. The van der Waals surface area contributed by atoms with Gasteiger partial charge in [-0.15, -0.1) is 10.2 Å². The molecule has 0 saturated heterocycles. The van der Waals surface area contributed by atoms with Crippen molar-refractivity contribution in [2.75, 3.05) is 0 Å². The van der Waals surface area contributed by atoms with E-state index >= 15 is 0 Å². The van der Waals surface area contributed by atoms with Crippen molar-refractivity contribution >= 4 is 23.4 Å². The number of rotatable bonds is 7. The van der Waals surface area contributed by atoms with Crippen LogP contribution in [0.25, 0.3) is 17.1 Å². The first-order valence-electron chi connectivity index (χ1n) is 9.69. The van der Waals surface area contributed by atoms with E-state index in [0.717, 1.165) is 46.5 Å². The van der Waals surface area contributed by atoms with Gasteiger partial charge in [0.15, 0.2) is 16.8 Å². The lowest BCUT2D eigenvalue weighted by atomic mass is 10.2. The fourth-order valence-corrected chi connectivity index (χ4v) is 4.12. The maximum atomic E-state index is 6.41. The number of thioether (sulfide) groups is 1. The minimum absolute atomic E-state index is 0.0872. The van der Waals surface area contributed by atoms with Crippen molar-refractivity contribution in [3.05, 3.63) is 65.0 Å². The van der Waals surface area contributed by atoms with Gasteiger partial charge in [0.2, 0.25) is 5.89 Å². The molecule has 0 unspecified atom stereocenters. The summed E-state index contributed by atoms with van der Waals surface area (Å²) >= 11 is 7.93. The molecule has 0 aliphatic rings. The number of halogens is 1. The Bertz CT molecular complexity index is 1140. The zero-order valence-corrected chi connectivity index (χ0v) is 18.5. The lowest BCUT2D eigenvalue weighted by Crippen LogP contribution is -2.03. The van der Waals surface area contributed by atoms with Gasteiger partial charge in [-0.2, -0.15) is 4.98 Å². The summed E-state index contributed by atoms with van der Waals surface area (Å²) in [5, 5.41) is 14.3. The van der Waals surface area contributed by atoms with Crippen LogP contribution in [0.1, 0.15) is 42.8 Å². The Hall–Kier alpha value is -2.71. The van der Waals surface area contributed by atoms with Crippen LogP contribution in [0.2, 0.25) is 5.02 Å². The zero-order valence-electron chi connectivity index (χ0n) is 16.9. The van der Waals surface area contributed by atoms with Crippen LogP contribution in [0.15, 0.2) is 52.4 Å². The Balaban J connectivity index is 1.76. The van der Waals surface area contributed by atoms with Crippen molar-refractivity contribution in [2.45, 2.75) is 44.0 Å². The number of benzene rings is 1. The summed E-state index contributed by atoms with van der Waals surface area (Å²) in [6.45, 7) is 6.09. The summed E-state index contributed by atoms with van der Waals surface area (Å²) < 4.78 is 7.48.